The minimum Gasteiger partial charge on any atom is -0.339 e. The fourth-order valence-corrected chi connectivity index (χ4v) is 9.42. The molecule has 0 fully saturated rings. The number of para-hydroxylation sites is 2. The highest BCUT2D eigenvalue weighted by Crippen LogP contribution is 2.38. The molecule has 0 bridgehead atoms. The number of aryl methyl sites for hydroxylation is 4. The van der Waals surface area contributed by atoms with E-state index >= 15 is 0 Å². The fourth-order valence-electron chi connectivity index (χ4n) is 8.03. The van der Waals surface area contributed by atoms with Gasteiger partial charge in [0.05, 0.1) is 22.4 Å². The highest BCUT2D eigenvalue weighted by atomic mass is 32.1. The van der Waals surface area contributed by atoms with E-state index in [4.69, 9.17) is 9.97 Å². The molecule has 8 aromatic rings. The van der Waals surface area contributed by atoms with Gasteiger partial charge in [-0.1, -0.05) is 87.8 Å². The molecule has 0 aliphatic rings. The number of benzene rings is 2. The lowest BCUT2D eigenvalue weighted by Gasteiger charge is -2.11. The first kappa shape index (κ1) is 32.9. The highest BCUT2D eigenvalue weighted by molar-refractivity contribution is 7.10. The molecule has 0 amide bonds. The lowest BCUT2D eigenvalue weighted by Crippen LogP contribution is -2.00. The van der Waals surface area contributed by atoms with Gasteiger partial charge in [-0.2, -0.15) is 0 Å². The molecule has 2 aromatic carbocycles. The van der Waals surface area contributed by atoms with Gasteiger partial charge in [0.25, 0.3) is 0 Å². The van der Waals surface area contributed by atoms with Crippen molar-refractivity contribution in [3.8, 4) is 22.5 Å². The van der Waals surface area contributed by atoms with Crippen molar-refractivity contribution < 1.29 is 0 Å². The monoisotopic (exact) mass is 694 g/mol. The maximum absolute atomic E-state index is 4.91. The quantitative estimate of drug-likeness (QED) is 0.100. The average molecular weight is 695 g/mol. The summed E-state index contributed by atoms with van der Waals surface area (Å²) >= 11 is 3.61. The lowest BCUT2D eigenvalue weighted by molar-refractivity contribution is 0.529. The molecular weight excluding hydrogens is 649 g/mol. The summed E-state index contributed by atoms with van der Waals surface area (Å²) in [5, 5.41) is 9.75. The molecule has 0 radical (unpaired) electrons. The Hall–Kier alpha value is -4.26. The summed E-state index contributed by atoms with van der Waals surface area (Å²) in [5.74, 6) is 0. The highest BCUT2D eigenvalue weighted by Gasteiger charge is 2.18. The minimum absolute atomic E-state index is 1.04. The zero-order valence-corrected chi connectivity index (χ0v) is 31.0. The Labute approximate surface area is 303 Å². The van der Waals surface area contributed by atoms with E-state index in [2.05, 4.69) is 107 Å². The second-order valence-electron chi connectivity index (χ2n) is 13.8. The van der Waals surface area contributed by atoms with Gasteiger partial charge in [-0.05, 0) is 68.5 Å². The molecule has 0 saturated carbocycles. The molecule has 8 rings (SSSR count). The number of hydrogen-bond acceptors (Lipinski definition) is 4. The number of hydrogen-bond donors (Lipinski definition) is 0. The van der Waals surface area contributed by atoms with Crippen LogP contribution in [0.25, 0.3) is 66.1 Å². The second kappa shape index (κ2) is 14.9. The van der Waals surface area contributed by atoms with Crippen molar-refractivity contribution in [1.29, 1.82) is 0 Å². The number of thiophene rings is 2. The molecular formula is C44H46N4S2. The van der Waals surface area contributed by atoms with Gasteiger partial charge in [-0.25, -0.2) is 0 Å². The first-order valence-electron chi connectivity index (χ1n) is 18.5. The van der Waals surface area contributed by atoms with E-state index in [9.17, 15) is 0 Å². The van der Waals surface area contributed by atoms with Crippen LogP contribution in [0, 0.1) is 13.8 Å². The minimum atomic E-state index is 1.04. The molecule has 0 spiro atoms. The van der Waals surface area contributed by atoms with Gasteiger partial charge in [0.2, 0.25) is 0 Å². The van der Waals surface area contributed by atoms with Crippen molar-refractivity contribution in [1.82, 2.24) is 19.1 Å². The topological polar surface area (TPSA) is 35.6 Å². The molecule has 0 aliphatic carbocycles. The molecule has 4 nitrogen and oxygen atoms in total. The Bertz CT molecular complexity index is 2390. The summed E-state index contributed by atoms with van der Waals surface area (Å²) in [6, 6.07) is 26.7. The molecule has 254 valence electrons. The summed E-state index contributed by atoms with van der Waals surface area (Å²) in [7, 11) is 0. The Morgan fingerprint density at radius 1 is 0.540 bits per heavy atom. The summed E-state index contributed by atoms with van der Waals surface area (Å²) in [4.78, 5) is 12.5. The number of pyridine rings is 2. The standard InChI is InChI=1S/C44H46N4S2/c1-31-29-33(30-50-31)41-43-37(21-24-45-41)35-17-11-13-19-39(35)47(43)26-15-9-7-5-3-4-6-8-10-16-27-48-40-20-14-12-18-36(40)38-22-25-46-42(44(38)48)34-23-28-49-32(34)2/h11-14,17-25,28-30H,3-10,15-16,26-27H2,1-2H3. The Kier molecular flexibility index (Phi) is 9.82. The van der Waals surface area contributed by atoms with Gasteiger partial charge >= 0.3 is 0 Å². The molecule has 0 atom stereocenters. The van der Waals surface area contributed by atoms with Crippen LogP contribution < -0.4 is 0 Å². The van der Waals surface area contributed by atoms with E-state index in [1.807, 2.05) is 12.4 Å². The molecule has 0 unspecified atom stereocenters. The fraction of sp³-hybridized carbons (Fsp3) is 0.318. The zero-order valence-electron chi connectivity index (χ0n) is 29.3. The van der Waals surface area contributed by atoms with E-state index in [1.165, 1.54) is 129 Å². The maximum Gasteiger partial charge on any atom is 0.0956 e. The van der Waals surface area contributed by atoms with Crippen molar-refractivity contribution in [3.63, 3.8) is 0 Å². The average Bonchev–Trinajstić information content (AvgIpc) is 3.93. The van der Waals surface area contributed by atoms with Crippen LogP contribution >= 0.6 is 22.7 Å². The molecule has 6 aromatic heterocycles. The molecule has 0 saturated heterocycles. The summed E-state index contributed by atoms with van der Waals surface area (Å²) < 4.78 is 5.09. The van der Waals surface area contributed by atoms with E-state index < -0.39 is 0 Å². The second-order valence-corrected chi connectivity index (χ2v) is 16.1. The SMILES string of the molecule is Cc1cc(-c2nccc3c4ccccc4n(CCCCCCCCCCCCn4c5ccccc5c5ccnc(-c6ccsc6C)c54)c23)cs1. The van der Waals surface area contributed by atoms with Crippen LogP contribution in [0.15, 0.2) is 96.0 Å². The molecule has 0 aliphatic heterocycles. The smallest absolute Gasteiger partial charge is 0.0956 e. The van der Waals surface area contributed by atoms with E-state index in [0.717, 1.165) is 24.5 Å². The van der Waals surface area contributed by atoms with Crippen molar-refractivity contribution in [3.05, 3.63) is 106 Å². The normalized spacial score (nSPS) is 12.0. The number of rotatable bonds is 15. The van der Waals surface area contributed by atoms with Gasteiger partial charge < -0.3 is 9.13 Å². The Morgan fingerprint density at radius 2 is 1.06 bits per heavy atom. The third-order valence-electron chi connectivity index (χ3n) is 10.5. The Balaban J connectivity index is 0.812. The summed E-state index contributed by atoms with van der Waals surface area (Å²) in [5.41, 5.74) is 10.0. The van der Waals surface area contributed by atoms with Crippen LogP contribution in [-0.4, -0.2) is 19.1 Å². The third kappa shape index (κ3) is 6.40. The van der Waals surface area contributed by atoms with Crippen LogP contribution in [0.5, 0.6) is 0 Å². The van der Waals surface area contributed by atoms with Crippen molar-refractivity contribution >= 4 is 66.3 Å². The van der Waals surface area contributed by atoms with E-state index in [1.54, 1.807) is 22.7 Å². The number of unbranched alkanes of at least 4 members (excludes halogenated alkanes) is 9. The predicted octanol–water partition coefficient (Wildman–Crippen LogP) is 13.4. The molecule has 50 heavy (non-hydrogen) atoms. The summed E-state index contributed by atoms with van der Waals surface area (Å²) in [6.07, 6.45) is 17.0. The number of aromatic nitrogens is 4. The van der Waals surface area contributed by atoms with Crippen LogP contribution in [0.2, 0.25) is 0 Å². The lowest BCUT2D eigenvalue weighted by atomic mass is 10.1. The van der Waals surface area contributed by atoms with Crippen molar-refractivity contribution in [2.24, 2.45) is 0 Å². The first-order chi connectivity index (χ1) is 24.7. The Morgan fingerprint density at radius 3 is 1.58 bits per heavy atom. The van der Waals surface area contributed by atoms with Gasteiger partial charge in [0.1, 0.15) is 0 Å². The zero-order chi connectivity index (χ0) is 33.9. The van der Waals surface area contributed by atoms with Gasteiger partial charge in [0.15, 0.2) is 0 Å². The summed E-state index contributed by atoms with van der Waals surface area (Å²) in [6.45, 7) is 6.48. The van der Waals surface area contributed by atoms with Gasteiger partial charge in [-0.3, -0.25) is 9.97 Å². The largest absolute Gasteiger partial charge is 0.339 e. The third-order valence-corrected chi connectivity index (χ3v) is 12.2. The molecule has 0 N–H and O–H groups in total. The molecule has 6 heteroatoms. The van der Waals surface area contributed by atoms with Crippen LogP contribution in [0.3, 0.4) is 0 Å². The number of nitrogens with zero attached hydrogens (tertiary/aromatic N) is 4. The van der Waals surface area contributed by atoms with Crippen LogP contribution in [0.4, 0.5) is 0 Å². The van der Waals surface area contributed by atoms with Crippen LogP contribution in [-0.2, 0) is 13.1 Å². The predicted molar refractivity (Wildman–Crippen MR) is 217 cm³/mol. The first-order valence-corrected chi connectivity index (χ1v) is 20.3. The van der Waals surface area contributed by atoms with Gasteiger partial charge in [-0.15, -0.1) is 22.7 Å². The van der Waals surface area contributed by atoms with E-state index in [-0.39, 0.29) is 0 Å². The number of fused-ring (bicyclic) bond motifs is 6. The van der Waals surface area contributed by atoms with Crippen LogP contribution in [0.1, 0.15) is 74.0 Å². The van der Waals surface area contributed by atoms with Gasteiger partial charge in [0, 0.05) is 84.3 Å². The van der Waals surface area contributed by atoms with Crippen molar-refractivity contribution in [2.45, 2.75) is 91.1 Å². The molecule has 6 heterocycles. The van der Waals surface area contributed by atoms with E-state index in [0.29, 0.717) is 0 Å². The van der Waals surface area contributed by atoms with Crippen molar-refractivity contribution in [2.75, 3.05) is 0 Å². The maximum atomic E-state index is 4.91.